The molecular weight excluding hydrogens is 400 g/mol. The molecule has 0 aliphatic carbocycles. The predicted octanol–water partition coefficient (Wildman–Crippen LogP) is 3.34. The van der Waals surface area contributed by atoms with Crippen LogP contribution in [0.1, 0.15) is 51.0 Å². The lowest BCUT2D eigenvalue weighted by molar-refractivity contribution is 0.0916. The number of pyridine rings is 1. The second-order valence-corrected chi connectivity index (χ2v) is 7.74. The van der Waals surface area contributed by atoms with Gasteiger partial charge in [-0.05, 0) is 72.0 Å². The third-order valence-corrected chi connectivity index (χ3v) is 5.66. The molecule has 0 spiro atoms. The molecule has 1 amide bonds. The van der Waals surface area contributed by atoms with Gasteiger partial charge in [-0.3, -0.25) is 9.78 Å². The summed E-state index contributed by atoms with van der Waals surface area (Å²) in [4.78, 5) is 21.3. The van der Waals surface area contributed by atoms with Crippen molar-refractivity contribution in [3.8, 4) is 0 Å². The van der Waals surface area contributed by atoms with Gasteiger partial charge in [0.2, 0.25) is 0 Å². The lowest BCUT2D eigenvalue weighted by atomic mass is 9.86. The molecule has 4 N–H and O–H groups in total. The Morgan fingerprint density at radius 2 is 2.06 bits per heavy atom. The maximum absolute atomic E-state index is 12.7. The van der Waals surface area contributed by atoms with E-state index >= 15 is 0 Å². The van der Waals surface area contributed by atoms with Gasteiger partial charge in [-0.15, -0.1) is 0 Å². The van der Waals surface area contributed by atoms with Crippen LogP contribution in [-0.2, 0) is 0 Å². The van der Waals surface area contributed by atoms with Gasteiger partial charge in [0.05, 0.1) is 12.6 Å². The molecule has 2 aromatic carbocycles. The molecule has 6 nitrogen and oxygen atoms in total. The first-order valence-corrected chi connectivity index (χ1v) is 10.4. The smallest absolute Gasteiger partial charge is 0.251 e. The lowest BCUT2D eigenvalue weighted by Gasteiger charge is -2.22. The molecule has 3 aromatic rings. The van der Waals surface area contributed by atoms with E-state index in [9.17, 15) is 9.90 Å². The van der Waals surface area contributed by atoms with Gasteiger partial charge in [-0.25, -0.2) is 4.99 Å². The fraction of sp³-hybridized carbons (Fsp3) is 0.192. The number of nitrogens with two attached hydrogens (primary N) is 1. The summed E-state index contributed by atoms with van der Waals surface area (Å²) in [5.74, 6) is 0.341. The van der Waals surface area contributed by atoms with Crippen LogP contribution in [0, 0.1) is 19.1 Å². The Hall–Kier alpha value is -3.95. The van der Waals surface area contributed by atoms with E-state index in [4.69, 9.17) is 5.73 Å². The van der Waals surface area contributed by atoms with Crippen LogP contribution in [-0.4, -0.2) is 28.8 Å². The topological polar surface area (TPSA) is 101 Å². The van der Waals surface area contributed by atoms with Crippen LogP contribution in [0.15, 0.2) is 71.7 Å². The molecule has 32 heavy (non-hydrogen) atoms. The number of aromatic nitrogens is 1. The predicted molar refractivity (Wildman–Crippen MR) is 124 cm³/mol. The van der Waals surface area contributed by atoms with Crippen LogP contribution in [0.2, 0.25) is 0 Å². The van der Waals surface area contributed by atoms with E-state index in [1.807, 2.05) is 37.5 Å². The number of aliphatic imine (C=N–C) groups is 1. The maximum Gasteiger partial charge on any atom is 0.251 e. The Morgan fingerprint density at radius 3 is 2.75 bits per heavy atom. The Balaban J connectivity index is 1.50. The highest BCUT2D eigenvalue weighted by Gasteiger charge is 2.21. The Bertz CT molecular complexity index is 1150. The number of amides is 1. The van der Waals surface area contributed by atoms with Crippen LogP contribution < -0.4 is 11.1 Å². The first-order chi connectivity index (χ1) is 15.6. The van der Waals surface area contributed by atoms with Crippen molar-refractivity contribution in [2.75, 3.05) is 6.61 Å². The second-order valence-electron chi connectivity index (χ2n) is 7.74. The summed E-state index contributed by atoms with van der Waals surface area (Å²) in [6, 6.07) is 19.6. The van der Waals surface area contributed by atoms with Gasteiger partial charge < -0.3 is 16.2 Å². The van der Waals surface area contributed by atoms with Crippen molar-refractivity contribution in [3.05, 3.63) is 107 Å². The Kier molecular flexibility index (Phi) is 6.29. The van der Waals surface area contributed by atoms with Gasteiger partial charge in [0, 0.05) is 35.7 Å². The number of carbonyl (C=O) groups is 1. The molecule has 0 saturated carbocycles. The molecule has 1 aromatic heterocycles. The summed E-state index contributed by atoms with van der Waals surface area (Å²) < 4.78 is 0. The van der Waals surface area contributed by atoms with Gasteiger partial charge in [0.25, 0.3) is 5.91 Å². The standard InChI is InChI=1S/C26H24N4O2/c1-17-14-28-12-11-22(17)21-13-23(25(27)29-15-21)18-7-9-20(10-8-18)26(32)30-24(16-31)19-5-3-2-4-6-19/h3,5-12,14-15,21,24,31H,13,16,27H2,1H3,(H,30,32)/t21?,24-/m1/s1. The molecule has 160 valence electrons. The molecule has 1 unspecified atom stereocenters. The zero-order valence-electron chi connectivity index (χ0n) is 17.7. The first kappa shape index (κ1) is 21.3. The third-order valence-electron chi connectivity index (χ3n) is 5.66. The van der Waals surface area contributed by atoms with E-state index in [1.165, 1.54) is 5.56 Å². The summed E-state index contributed by atoms with van der Waals surface area (Å²) in [7, 11) is 0. The van der Waals surface area contributed by atoms with E-state index in [0.717, 1.165) is 28.7 Å². The number of nitrogens with zero attached hydrogens (tertiary/aromatic N) is 2. The highest BCUT2D eigenvalue weighted by atomic mass is 16.3. The van der Waals surface area contributed by atoms with Crippen molar-refractivity contribution < 1.29 is 9.90 Å². The molecule has 1 aliphatic rings. The summed E-state index contributed by atoms with van der Waals surface area (Å²) in [5, 5.41) is 12.5. The monoisotopic (exact) mass is 424 g/mol. The Morgan fingerprint density at radius 1 is 1.25 bits per heavy atom. The molecule has 0 bridgehead atoms. The Labute approximate surface area is 187 Å². The van der Waals surface area contributed by atoms with Crippen LogP contribution >= 0.6 is 0 Å². The number of aliphatic hydroxyl groups is 1. The van der Waals surface area contributed by atoms with E-state index in [2.05, 4.69) is 27.4 Å². The number of nitrogens with one attached hydrogen (secondary N) is 1. The minimum atomic E-state index is -0.511. The number of benzene rings is 1. The highest BCUT2D eigenvalue weighted by molar-refractivity contribution is 5.95. The average molecular weight is 425 g/mol. The fourth-order valence-electron chi connectivity index (χ4n) is 3.86. The number of allylic oxidation sites excluding steroid dienone is 1. The fourth-order valence-corrected chi connectivity index (χ4v) is 3.86. The summed E-state index contributed by atoms with van der Waals surface area (Å²) in [6.45, 7) is 1.83. The molecule has 2 heterocycles. The zero-order valence-corrected chi connectivity index (χ0v) is 17.7. The minimum absolute atomic E-state index is 0.119. The van der Waals surface area contributed by atoms with Crippen molar-refractivity contribution in [2.24, 2.45) is 10.7 Å². The number of hydrogen-bond acceptors (Lipinski definition) is 5. The van der Waals surface area contributed by atoms with Gasteiger partial charge in [-0.1, -0.05) is 24.3 Å². The van der Waals surface area contributed by atoms with Gasteiger partial charge in [0.15, 0.2) is 0 Å². The maximum atomic E-state index is 12.7. The van der Waals surface area contributed by atoms with Crippen molar-refractivity contribution in [2.45, 2.75) is 25.3 Å². The van der Waals surface area contributed by atoms with E-state index < -0.39 is 6.04 Å². The van der Waals surface area contributed by atoms with Gasteiger partial charge in [-0.2, -0.15) is 0 Å². The molecule has 6 heteroatoms. The zero-order chi connectivity index (χ0) is 22.5. The molecule has 0 saturated heterocycles. The summed E-state index contributed by atoms with van der Waals surface area (Å²) in [6.07, 6.45) is 6.25. The first-order valence-electron chi connectivity index (χ1n) is 10.4. The molecule has 2 atom stereocenters. The second kappa shape index (κ2) is 9.46. The van der Waals surface area contributed by atoms with Crippen molar-refractivity contribution in [3.63, 3.8) is 0 Å². The summed E-state index contributed by atoms with van der Waals surface area (Å²) >= 11 is 0. The summed E-state index contributed by atoms with van der Waals surface area (Å²) in [5.41, 5.74) is 11.6. The highest BCUT2D eigenvalue weighted by Crippen LogP contribution is 2.34. The average Bonchev–Trinajstić information content (AvgIpc) is 2.84. The third kappa shape index (κ3) is 4.53. The number of aliphatic hydroxyl groups excluding tert-OH is 1. The van der Waals surface area contributed by atoms with E-state index in [-0.39, 0.29) is 18.4 Å². The SMILES string of the molecule is Cc1cnccc1C1C=NC(N)=C(c2ccc(C(=O)N[C@H](CO)c3cc#ccc3)cc2)C1. The molecule has 0 fully saturated rings. The largest absolute Gasteiger partial charge is 0.394 e. The van der Waals surface area contributed by atoms with Crippen LogP contribution in [0.4, 0.5) is 0 Å². The molecule has 1 aliphatic heterocycles. The van der Waals surface area contributed by atoms with Gasteiger partial charge >= 0.3 is 0 Å². The molecular formula is C26H24N4O2. The van der Waals surface area contributed by atoms with Crippen molar-refractivity contribution in [1.82, 2.24) is 10.3 Å². The van der Waals surface area contributed by atoms with Crippen LogP contribution in [0.5, 0.6) is 0 Å². The van der Waals surface area contributed by atoms with Crippen molar-refractivity contribution in [1.29, 1.82) is 0 Å². The number of aryl methyl sites for hydroxylation is 1. The van der Waals surface area contributed by atoms with Crippen LogP contribution in [0.25, 0.3) is 5.57 Å². The quantitative estimate of drug-likeness (QED) is 0.565. The molecule has 0 radical (unpaired) electrons. The number of hydrogen-bond donors (Lipinski definition) is 3. The number of rotatable bonds is 6. The van der Waals surface area contributed by atoms with E-state index in [0.29, 0.717) is 11.4 Å². The van der Waals surface area contributed by atoms with Crippen molar-refractivity contribution >= 4 is 17.7 Å². The number of carbonyl (C=O) groups excluding carboxylic acids is 1. The van der Waals surface area contributed by atoms with Gasteiger partial charge in [0.1, 0.15) is 5.82 Å². The normalized spacial score (nSPS) is 16.4. The minimum Gasteiger partial charge on any atom is -0.394 e. The van der Waals surface area contributed by atoms with Crippen LogP contribution in [0.3, 0.4) is 0 Å². The lowest BCUT2D eigenvalue weighted by Crippen LogP contribution is -2.30. The molecule has 4 rings (SSSR count). The van der Waals surface area contributed by atoms with E-state index in [1.54, 1.807) is 36.5 Å².